The van der Waals surface area contributed by atoms with E-state index in [-0.39, 0.29) is 11.2 Å². The highest BCUT2D eigenvalue weighted by molar-refractivity contribution is 5.40. The fourth-order valence-electron chi connectivity index (χ4n) is 14.4. The number of nitrogens with zero attached hydrogens (tertiary/aromatic N) is 4. The molecule has 4 aliphatic heterocycles. The summed E-state index contributed by atoms with van der Waals surface area (Å²) in [6.07, 6.45) is 18.6. The first-order valence-electron chi connectivity index (χ1n) is 34.2. The van der Waals surface area contributed by atoms with Crippen LogP contribution in [0.2, 0.25) is 0 Å². The van der Waals surface area contributed by atoms with E-state index in [1.807, 2.05) is 136 Å². The molecule has 0 spiro atoms. The fraction of sp³-hybridized carbons (Fsp3) is 0.415. The quantitative estimate of drug-likeness (QED) is 0.0556. The molecular weight excluding hydrogens is 1100 g/mol. The van der Waals surface area contributed by atoms with Crippen LogP contribution in [0.15, 0.2) is 243 Å². The van der Waals surface area contributed by atoms with Crippen LogP contribution >= 0.6 is 0 Å². The zero-order valence-electron chi connectivity index (χ0n) is 54.4. The molecule has 0 unspecified atom stereocenters. The normalized spacial score (nSPS) is 16.0. The molecule has 8 aromatic rings. The van der Waals surface area contributed by atoms with Gasteiger partial charge in [-0.05, 0) is 226 Å². The Labute approximate surface area is 541 Å². The number of hydrogen-bond donors (Lipinski definition) is 2. The van der Waals surface area contributed by atoms with E-state index in [9.17, 15) is 10.2 Å². The van der Waals surface area contributed by atoms with Crippen LogP contribution in [0.5, 0.6) is 0 Å². The predicted molar refractivity (Wildman–Crippen MR) is 373 cm³/mol. The van der Waals surface area contributed by atoms with Gasteiger partial charge in [0.25, 0.3) is 0 Å². The number of aliphatic hydroxyl groups is 2. The van der Waals surface area contributed by atoms with Crippen LogP contribution in [0.3, 0.4) is 0 Å². The molecule has 0 atom stereocenters. The molecule has 8 nitrogen and oxygen atoms in total. The molecule has 12 rings (SSSR count). The third-order valence-electron chi connectivity index (χ3n) is 19.5. The van der Waals surface area contributed by atoms with Crippen molar-refractivity contribution in [3.05, 3.63) is 287 Å². The topological polar surface area (TPSA) is 71.9 Å². The average Bonchev–Trinajstić information content (AvgIpc) is 1.14. The molecule has 0 bridgehead atoms. The first-order valence-corrected chi connectivity index (χ1v) is 34.2. The maximum absolute atomic E-state index is 11.4. The smallest absolute Gasteiger partial charge is 0.118 e. The van der Waals surface area contributed by atoms with Gasteiger partial charge in [-0.15, -0.1) is 0 Å². The molecule has 476 valence electrons. The monoisotopic (exact) mass is 1210 g/mol. The van der Waals surface area contributed by atoms with Gasteiger partial charge in [0.05, 0.1) is 0 Å². The second-order valence-corrected chi connectivity index (χ2v) is 25.3. The minimum absolute atomic E-state index is 0.345. The highest BCUT2D eigenvalue weighted by Crippen LogP contribution is 2.40. The van der Waals surface area contributed by atoms with Gasteiger partial charge in [-0.3, -0.25) is 0 Å². The lowest BCUT2D eigenvalue weighted by Crippen LogP contribution is -2.32. The molecule has 4 fully saturated rings. The Morgan fingerprint density at radius 3 is 0.600 bits per heavy atom. The Balaban J connectivity index is 0.000000142. The lowest BCUT2D eigenvalue weighted by Gasteiger charge is -2.34. The molecule has 4 saturated heterocycles. The SMILES string of the molecule is COC(CCCN1CCCC1)(c1ccccc1)c1ccccc1.COC(CCCN1CCCC1)(c1ccccc1)c1ccccc1.OC(CCCN1CCCC1)(c1ccccc1)c1ccccc1.OC(CCCN1CCCC1)(c1ccccc1)c1ccccc1. The van der Waals surface area contributed by atoms with Crippen molar-refractivity contribution in [1.82, 2.24) is 19.6 Å². The Kier molecular flexibility index (Phi) is 27.0. The Hall–Kier alpha value is -6.56. The zero-order chi connectivity index (χ0) is 62.4. The molecule has 8 heteroatoms. The van der Waals surface area contributed by atoms with Crippen LogP contribution < -0.4 is 0 Å². The van der Waals surface area contributed by atoms with Gasteiger partial charge < -0.3 is 39.3 Å². The molecule has 4 aliphatic rings. The molecular formula is C82H104N4O4. The standard InChI is InChI=1S/2C21H27NO.2C20H25NO/c2*1-23-21(19-11-4-2-5-12-19,20-13-6-3-7-14-20)15-10-18-22-16-8-9-17-22;2*22-20(18-10-3-1-4-11-18,19-12-5-2-6-13-19)14-9-17-21-15-7-8-16-21/h2*2-7,11-14H,8-10,15-18H2,1H3;2*1-6,10-13,22H,7-9,14-17H2. The lowest BCUT2D eigenvalue weighted by molar-refractivity contribution is 0.0110. The second kappa shape index (κ2) is 35.9. The minimum Gasteiger partial charge on any atom is -0.380 e. The van der Waals surface area contributed by atoms with Crippen LogP contribution in [-0.2, 0) is 31.9 Å². The Morgan fingerprint density at radius 1 is 0.256 bits per heavy atom. The van der Waals surface area contributed by atoms with Gasteiger partial charge in [-0.1, -0.05) is 243 Å². The molecule has 0 aliphatic carbocycles. The van der Waals surface area contributed by atoms with Crippen LogP contribution in [-0.4, -0.2) is 123 Å². The van der Waals surface area contributed by atoms with Crippen molar-refractivity contribution < 1.29 is 19.7 Å². The number of ether oxygens (including phenoxy) is 2. The van der Waals surface area contributed by atoms with Gasteiger partial charge in [0.1, 0.15) is 22.4 Å². The van der Waals surface area contributed by atoms with Crippen molar-refractivity contribution in [1.29, 1.82) is 0 Å². The number of rotatable bonds is 26. The zero-order valence-corrected chi connectivity index (χ0v) is 54.4. The highest BCUT2D eigenvalue weighted by Gasteiger charge is 2.36. The molecule has 0 amide bonds. The van der Waals surface area contributed by atoms with Crippen molar-refractivity contribution in [3.63, 3.8) is 0 Å². The van der Waals surface area contributed by atoms with E-state index in [0.717, 1.165) is 86.7 Å². The number of methoxy groups -OCH3 is 2. The molecule has 0 saturated carbocycles. The van der Waals surface area contributed by atoms with Crippen molar-refractivity contribution in [2.45, 2.75) is 125 Å². The minimum atomic E-state index is -0.887. The van der Waals surface area contributed by atoms with E-state index in [0.29, 0.717) is 0 Å². The van der Waals surface area contributed by atoms with Crippen LogP contribution in [0.4, 0.5) is 0 Å². The number of likely N-dealkylation sites (tertiary alicyclic amines) is 4. The summed E-state index contributed by atoms with van der Waals surface area (Å²) < 4.78 is 12.3. The second-order valence-electron chi connectivity index (χ2n) is 25.3. The number of benzene rings is 8. The predicted octanol–water partition coefficient (Wildman–Crippen LogP) is 16.5. The Morgan fingerprint density at radius 2 is 0.422 bits per heavy atom. The number of hydrogen-bond acceptors (Lipinski definition) is 8. The van der Waals surface area contributed by atoms with E-state index < -0.39 is 11.2 Å². The lowest BCUT2D eigenvalue weighted by atomic mass is 9.82. The van der Waals surface area contributed by atoms with Gasteiger partial charge in [-0.25, -0.2) is 0 Å². The summed E-state index contributed by atoms with van der Waals surface area (Å²) in [4.78, 5) is 10.2. The first kappa shape index (κ1) is 67.8. The largest absolute Gasteiger partial charge is 0.380 e. The van der Waals surface area contributed by atoms with Crippen LogP contribution in [0.25, 0.3) is 0 Å². The summed E-state index contributed by atoms with van der Waals surface area (Å²) >= 11 is 0. The van der Waals surface area contributed by atoms with Gasteiger partial charge in [0.15, 0.2) is 0 Å². The van der Waals surface area contributed by atoms with Crippen LogP contribution in [0, 0.1) is 0 Å². The van der Waals surface area contributed by atoms with Gasteiger partial charge in [0, 0.05) is 14.2 Å². The molecule has 90 heavy (non-hydrogen) atoms. The summed E-state index contributed by atoms with van der Waals surface area (Å²) in [6, 6.07) is 82.9. The third kappa shape index (κ3) is 18.8. The van der Waals surface area contributed by atoms with E-state index >= 15 is 0 Å². The molecule has 4 heterocycles. The Bertz CT molecular complexity index is 2760. The van der Waals surface area contributed by atoms with Crippen molar-refractivity contribution in [3.8, 4) is 0 Å². The summed E-state index contributed by atoms with van der Waals surface area (Å²) in [5.41, 5.74) is 6.47. The summed E-state index contributed by atoms with van der Waals surface area (Å²) in [5.74, 6) is 0. The van der Waals surface area contributed by atoms with E-state index in [1.165, 1.54) is 139 Å². The van der Waals surface area contributed by atoms with Gasteiger partial charge in [-0.2, -0.15) is 0 Å². The van der Waals surface area contributed by atoms with Crippen molar-refractivity contribution >= 4 is 0 Å². The summed E-state index contributed by atoms with van der Waals surface area (Å²) in [5, 5.41) is 22.8. The fourth-order valence-corrected chi connectivity index (χ4v) is 14.4. The van der Waals surface area contributed by atoms with E-state index in [2.05, 4.69) is 141 Å². The molecule has 0 aromatic heterocycles. The van der Waals surface area contributed by atoms with Crippen molar-refractivity contribution in [2.75, 3.05) is 92.8 Å². The maximum atomic E-state index is 11.4. The molecule has 8 aromatic carbocycles. The first-order chi connectivity index (χ1) is 44.3. The van der Waals surface area contributed by atoms with E-state index in [4.69, 9.17) is 9.47 Å². The van der Waals surface area contributed by atoms with Crippen LogP contribution in [0.1, 0.15) is 147 Å². The average molecular weight is 1210 g/mol. The summed E-state index contributed by atoms with van der Waals surface area (Å²) in [7, 11) is 3.69. The molecule has 2 N–H and O–H groups in total. The molecule has 0 radical (unpaired) electrons. The van der Waals surface area contributed by atoms with E-state index in [1.54, 1.807) is 0 Å². The maximum Gasteiger partial charge on any atom is 0.118 e. The third-order valence-corrected chi connectivity index (χ3v) is 19.5. The summed E-state index contributed by atoms with van der Waals surface area (Å²) in [6.45, 7) is 14.4. The highest BCUT2D eigenvalue weighted by atomic mass is 16.5. The van der Waals surface area contributed by atoms with Crippen molar-refractivity contribution in [2.24, 2.45) is 0 Å². The van der Waals surface area contributed by atoms with Gasteiger partial charge in [0.2, 0.25) is 0 Å². The van der Waals surface area contributed by atoms with Gasteiger partial charge >= 0.3 is 0 Å².